The molecule has 1 unspecified atom stereocenters. The molecule has 0 aliphatic carbocycles. The van der Waals surface area contributed by atoms with Crippen molar-refractivity contribution in [2.24, 2.45) is 0 Å². The molecule has 0 bridgehead atoms. The first-order valence-electron chi connectivity index (χ1n) is 3.57. The van der Waals surface area contributed by atoms with E-state index in [4.69, 9.17) is 34.8 Å². The van der Waals surface area contributed by atoms with Gasteiger partial charge in [-0.3, -0.25) is 14.7 Å². The maximum Gasteiger partial charge on any atom is 0.344 e. The van der Waals surface area contributed by atoms with Crippen molar-refractivity contribution in [1.82, 2.24) is 0 Å². The van der Waals surface area contributed by atoms with Crippen molar-refractivity contribution in [3.63, 3.8) is 0 Å². The molecule has 0 heterocycles. The molecule has 0 aliphatic rings. The van der Waals surface area contributed by atoms with E-state index in [9.17, 15) is 14.7 Å². The Hall–Kier alpha value is 0.420. The highest BCUT2D eigenvalue weighted by Crippen LogP contribution is 2.58. The van der Waals surface area contributed by atoms with Gasteiger partial charge in [0.2, 0.25) is 10.3 Å². The smallest absolute Gasteiger partial charge is 0.311 e. The van der Waals surface area contributed by atoms with E-state index >= 15 is 0 Å². The van der Waals surface area contributed by atoms with Crippen molar-refractivity contribution in [2.45, 2.75) is 9.45 Å². The second-order valence-corrected chi connectivity index (χ2v) is 7.28. The summed E-state index contributed by atoms with van der Waals surface area (Å²) in [5.41, 5.74) is -1.46. The Labute approximate surface area is 101 Å². The number of rotatable bonds is 5. The third-order valence-electron chi connectivity index (χ3n) is 1.59. The second-order valence-electron chi connectivity index (χ2n) is 2.48. The van der Waals surface area contributed by atoms with Crippen LogP contribution in [0.25, 0.3) is 0 Å². The minimum atomic E-state index is -3.80. The van der Waals surface area contributed by atoms with E-state index in [1.807, 2.05) is 0 Å². The molecule has 0 N–H and O–H groups in total. The van der Waals surface area contributed by atoms with Gasteiger partial charge < -0.3 is 9.05 Å². The van der Waals surface area contributed by atoms with Gasteiger partial charge in [-0.25, -0.2) is 0 Å². The lowest BCUT2D eigenvalue weighted by atomic mass is 10.5. The first-order chi connectivity index (χ1) is 6.67. The van der Waals surface area contributed by atoms with Crippen molar-refractivity contribution in [3.8, 4) is 0 Å². The van der Waals surface area contributed by atoms with Gasteiger partial charge in [-0.2, -0.15) is 0 Å². The summed E-state index contributed by atoms with van der Waals surface area (Å²) in [5, 5.41) is 10.3. The standard InChI is InChI=1S/C5H9Cl3NO5P/c1-13-15(12,14-2)4(3-9(10)11)5(6,7)8/h4H,3H2,1-2H3. The monoisotopic (exact) mass is 299 g/mol. The maximum absolute atomic E-state index is 11.8. The molecule has 0 saturated carbocycles. The van der Waals surface area contributed by atoms with Gasteiger partial charge in [-0.15, -0.1) is 0 Å². The Morgan fingerprint density at radius 3 is 2.00 bits per heavy atom. The Morgan fingerprint density at radius 2 is 1.80 bits per heavy atom. The lowest BCUT2D eigenvalue weighted by Gasteiger charge is -2.26. The summed E-state index contributed by atoms with van der Waals surface area (Å²) in [7, 11) is -1.68. The fraction of sp³-hybridized carbons (Fsp3) is 1.00. The van der Waals surface area contributed by atoms with E-state index < -0.39 is 28.5 Å². The molecule has 15 heavy (non-hydrogen) atoms. The predicted octanol–water partition coefficient (Wildman–Crippen LogP) is 2.49. The average Bonchev–Trinajstić information content (AvgIpc) is 2.11. The lowest BCUT2D eigenvalue weighted by molar-refractivity contribution is -0.479. The van der Waals surface area contributed by atoms with Crippen LogP contribution in [0.2, 0.25) is 0 Å². The number of hydrogen-bond acceptors (Lipinski definition) is 5. The van der Waals surface area contributed by atoms with Gasteiger partial charge in [0.15, 0.2) is 5.66 Å². The van der Waals surface area contributed by atoms with Gasteiger partial charge in [0, 0.05) is 19.1 Å². The topological polar surface area (TPSA) is 78.7 Å². The largest absolute Gasteiger partial charge is 0.344 e. The van der Waals surface area contributed by atoms with E-state index in [1.54, 1.807) is 0 Å². The zero-order valence-corrected chi connectivity index (χ0v) is 11.0. The molecule has 0 amide bonds. The van der Waals surface area contributed by atoms with Crippen LogP contribution >= 0.6 is 42.4 Å². The highest BCUT2D eigenvalue weighted by atomic mass is 35.6. The van der Waals surface area contributed by atoms with Crippen molar-refractivity contribution >= 4 is 42.4 Å². The summed E-state index contributed by atoms with van der Waals surface area (Å²) >= 11 is 16.4. The number of hydrogen-bond donors (Lipinski definition) is 0. The first-order valence-corrected chi connectivity index (χ1v) is 6.31. The highest BCUT2D eigenvalue weighted by molar-refractivity contribution is 7.55. The Balaban J connectivity index is 5.10. The summed E-state index contributed by atoms with van der Waals surface area (Å²) in [6, 6.07) is 0. The number of nitro groups is 1. The molecule has 1 atom stereocenters. The number of alkyl halides is 3. The van der Waals surface area contributed by atoms with E-state index in [-0.39, 0.29) is 0 Å². The van der Waals surface area contributed by atoms with Crippen molar-refractivity contribution < 1.29 is 18.5 Å². The lowest BCUT2D eigenvalue weighted by Crippen LogP contribution is -2.33. The third-order valence-corrected chi connectivity index (χ3v) is 5.17. The van der Waals surface area contributed by atoms with Gasteiger partial charge >= 0.3 is 7.60 Å². The van der Waals surface area contributed by atoms with E-state index in [0.29, 0.717) is 0 Å². The molecular weight excluding hydrogens is 291 g/mol. The van der Waals surface area contributed by atoms with Crippen LogP contribution in [-0.2, 0) is 13.6 Å². The molecule has 0 spiro atoms. The van der Waals surface area contributed by atoms with Crippen molar-refractivity contribution in [1.29, 1.82) is 0 Å². The fourth-order valence-electron chi connectivity index (χ4n) is 0.853. The van der Waals surface area contributed by atoms with E-state index in [0.717, 1.165) is 14.2 Å². The van der Waals surface area contributed by atoms with Crippen molar-refractivity contribution in [3.05, 3.63) is 10.1 Å². The van der Waals surface area contributed by atoms with Gasteiger partial charge in [0.1, 0.15) is 0 Å². The summed E-state index contributed by atoms with van der Waals surface area (Å²) in [6.07, 6.45) is 0. The Morgan fingerprint density at radius 1 is 1.40 bits per heavy atom. The van der Waals surface area contributed by atoms with Crippen LogP contribution in [0.15, 0.2) is 0 Å². The molecule has 6 nitrogen and oxygen atoms in total. The fourth-order valence-corrected chi connectivity index (χ4v) is 3.49. The maximum atomic E-state index is 11.8. The van der Waals surface area contributed by atoms with Crippen LogP contribution in [0.5, 0.6) is 0 Å². The molecule has 0 rings (SSSR count). The highest BCUT2D eigenvalue weighted by Gasteiger charge is 2.51. The molecule has 10 heteroatoms. The number of halogens is 3. The van der Waals surface area contributed by atoms with Gasteiger partial charge in [0.25, 0.3) is 0 Å². The Bertz CT molecular complexity index is 272. The second kappa shape index (κ2) is 5.66. The van der Waals surface area contributed by atoms with Crippen molar-refractivity contribution in [2.75, 3.05) is 20.8 Å². The summed E-state index contributed by atoms with van der Waals surface area (Å²) < 4.78 is 18.8. The Kier molecular flexibility index (Phi) is 5.82. The normalized spacial score (nSPS) is 15.0. The molecule has 0 fully saturated rings. The van der Waals surface area contributed by atoms with Crippen LogP contribution < -0.4 is 0 Å². The van der Waals surface area contributed by atoms with Crippen LogP contribution in [0.4, 0.5) is 0 Å². The minimum absolute atomic E-state index is 0.753. The molecular formula is C5H9Cl3NO5P. The molecule has 0 aromatic rings. The molecule has 0 radical (unpaired) electrons. The van der Waals surface area contributed by atoms with Crippen LogP contribution in [0.3, 0.4) is 0 Å². The van der Waals surface area contributed by atoms with Crippen LogP contribution in [-0.4, -0.2) is 35.1 Å². The molecule has 0 aromatic heterocycles. The zero-order valence-electron chi connectivity index (χ0n) is 7.85. The predicted molar refractivity (Wildman–Crippen MR) is 57.6 cm³/mol. The average molecular weight is 300 g/mol. The molecule has 0 aliphatic heterocycles. The molecule has 0 saturated heterocycles. The number of nitrogens with zero attached hydrogens (tertiary/aromatic N) is 1. The molecule has 0 aromatic carbocycles. The first kappa shape index (κ1) is 15.4. The summed E-state index contributed by atoms with van der Waals surface area (Å²) in [4.78, 5) is 9.58. The summed E-state index contributed by atoms with van der Waals surface area (Å²) in [6.45, 7) is -0.824. The zero-order chi connectivity index (χ0) is 12.3. The minimum Gasteiger partial charge on any atom is -0.311 e. The van der Waals surface area contributed by atoms with Gasteiger partial charge in [0.05, 0.1) is 0 Å². The van der Waals surface area contributed by atoms with Gasteiger partial charge in [-0.05, 0) is 0 Å². The van der Waals surface area contributed by atoms with Crippen LogP contribution in [0.1, 0.15) is 0 Å². The van der Waals surface area contributed by atoms with Crippen LogP contribution in [0, 0.1) is 10.1 Å². The third kappa shape index (κ3) is 4.43. The SMILES string of the molecule is COP(=O)(OC)C(C[N+](=O)[O-])C(Cl)(Cl)Cl. The quantitative estimate of drug-likeness (QED) is 0.337. The van der Waals surface area contributed by atoms with E-state index in [1.165, 1.54) is 0 Å². The molecule has 90 valence electrons. The van der Waals surface area contributed by atoms with E-state index in [2.05, 4.69) is 9.05 Å². The van der Waals surface area contributed by atoms with Gasteiger partial charge in [-0.1, -0.05) is 34.8 Å². The summed E-state index contributed by atoms with van der Waals surface area (Å²) in [5.74, 6) is 0.